The highest BCUT2D eigenvalue weighted by molar-refractivity contribution is 5.82. The van der Waals surface area contributed by atoms with Gasteiger partial charge in [-0.2, -0.15) is 0 Å². The van der Waals surface area contributed by atoms with Gasteiger partial charge in [0.25, 0.3) is 0 Å². The maximum Gasteiger partial charge on any atom is 0.312 e. The van der Waals surface area contributed by atoms with Crippen LogP contribution in [0.25, 0.3) is 12.2 Å². The number of benzene rings is 2. The van der Waals surface area contributed by atoms with E-state index in [-0.39, 0.29) is 19.2 Å². The molecule has 2 N–H and O–H groups in total. The molecular formula is C42H60N4O6. The van der Waals surface area contributed by atoms with Crippen LogP contribution >= 0.6 is 0 Å². The molecule has 10 heteroatoms. The van der Waals surface area contributed by atoms with E-state index >= 15 is 0 Å². The van der Waals surface area contributed by atoms with Crippen molar-refractivity contribution in [2.45, 2.75) is 45.8 Å². The van der Waals surface area contributed by atoms with Crippen LogP contribution in [0.1, 0.15) is 44.7 Å². The summed E-state index contributed by atoms with van der Waals surface area (Å²) in [7, 11) is 0. The molecule has 2 heterocycles. The standard InChI is InChI=1S/C42H60N4O6/c1-41(2)38(39(49)51-32-36(47)30-45-26-22-43(23-27-45)20-10-16-34-12-6-4-7-13-34)18-19-42(41,3)40(50)52-33-37(48)31-46-28-24-44(25-29-46)21-11-17-35-14-8-5-9-15-35/h4-17,36-38,47-48H,18-33H2,1-3H3/b16-10-,17-11-/t36-,37-,38-,42+/m1/s1. The maximum atomic E-state index is 13.5. The summed E-state index contributed by atoms with van der Waals surface area (Å²) in [4.78, 5) is 36.0. The number of hydrogen-bond donors (Lipinski definition) is 2. The molecule has 0 amide bonds. The Hall–Kier alpha value is -3.38. The average molecular weight is 717 g/mol. The Bertz CT molecular complexity index is 1450. The molecule has 0 unspecified atom stereocenters. The Morgan fingerprint density at radius 1 is 0.692 bits per heavy atom. The first-order valence-corrected chi connectivity index (χ1v) is 19.1. The molecule has 0 spiro atoms. The van der Waals surface area contributed by atoms with Crippen molar-refractivity contribution in [1.29, 1.82) is 0 Å². The van der Waals surface area contributed by atoms with Crippen LogP contribution in [-0.4, -0.2) is 146 Å². The van der Waals surface area contributed by atoms with Crippen molar-refractivity contribution in [2.24, 2.45) is 16.7 Å². The zero-order valence-corrected chi connectivity index (χ0v) is 31.4. The molecule has 1 saturated carbocycles. The van der Waals surface area contributed by atoms with Crippen molar-refractivity contribution in [3.8, 4) is 0 Å². The molecule has 52 heavy (non-hydrogen) atoms. The fraction of sp³-hybridized carbons (Fsp3) is 0.571. The van der Waals surface area contributed by atoms with Crippen LogP contribution in [0.2, 0.25) is 0 Å². The van der Waals surface area contributed by atoms with Crippen LogP contribution in [0.15, 0.2) is 72.8 Å². The molecule has 2 aliphatic heterocycles. The van der Waals surface area contributed by atoms with Gasteiger partial charge in [0.1, 0.15) is 25.4 Å². The normalized spacial score (nSPS) is 24.7. The lowest BCUT2D eigenvalue weighted by Crippen LogP contribution is -2.49. The third kappa shape index (κ3) is 11.1. The summed E-state index contributed by atoms with van der Waals surface area (Å²) in [5.41, 5.74) is 0.774. The van der Waals surface area contributed by atoms with Gasteiger partial charge in [-0.1, -0.05) is 98.8 Å². The van der Waals surface area contributed by atoms with E-state index in [4.69, 9.17) is 9.47 Å². The highest BCUT2D eigenvalue weighted by atomic mass is 16.5. The Morgan fingerprint density at radius 2 is 1.12 bits per heavy atom. The minimum atomic E-state index is -0.899. The van der Waals surface area contributed by atoms with Gasteiger partial charge in [0.2, 0.25) is 0 Å². The summed E-state index contributed by atoms with van der Waals surface area (Å²) < 4.78 is 11.4. The fourth-order valence-electron chi connectivity index (χ4n) is 7.70. The number of rotatable bonds is 16. The van der Waals surface area contributed by atoms with Crippen molar-refractivity contribution < 1.29 is 29.3 Å². The number of aliphatic hydroxyl groups excluding tert-OH is 2. The monoisotopic (exact) mass is 716 g/mol. The molecule has 2 saturated heterocycles. The lowest BCUT2D eigenvalue weighted by Gasteiger charge is -2.39. The predicted octanol–water partition coefficient (Wildman–Crippen LogP) is 3.90. The molecular weight excluding hydrogens is 656 g/mol. The number of piperazine rings is 2. The Labute approximate surface area is 310 Å². The van der Waals surface area contributed by atoms with Crippen molar-refractivity contribution in [3.63, 3.8) is 0 Å². The molecule has 2 aromatic carbocycles. The Balaban J connectivity index is 0.966. The molecule has 10 nitrogen and oxygen atoms in total. The van der Waals surface area contributed by atoms with E-state index < -0.39 is 34.9 Å². The van der Waals surface area contributed by atoms with Gasteiger partial charge >= 0.3 is 11.9 Å². The molecule has 0 bridgehead atoms. The highest BCUT2D eigenvalue weighted by Gasteiger charge is 2.59. The van der Waals surface area contributed by atoms with Crippen LogP contribution in [0.5, 0.6) is 0 Å². The molecule has 2 aromatic rings. The molecule has 1 aliphatic carbocycles. The van der Waals surface area contributed by atoms with Crippen LogP contribution in [0, 0.1) is 16.7 Å². The fourth-order valence-corrected chi connectivity index (χ4v) is 7.70. The summed E-state index contributed by atoms with van der Waals surface area (Å²) in [6, 6.07) is 20.5. The topological polar surface area (TPSA) is 106 Å². The number of esters is 2. The SMILES string of the molecule is CC1(C)[C@@H](C(=O)OC[C@H](O)CN2CCN(C/C=C\c3ccccc3)CC2)CC[C@@]1(C)C(=O)OC[C@H](O)CN1CCN(C/C=C\c2ccccc2)CC1. The van der Waals surface area contributed by atoms with E-state index in [0.717, 1.165) is 65.4 Å². The summed E-state index contributed by atoms with van der Waals surface area (Å²) in [5.74, 6) is -1.27. The highest BCUT2D eigenvalue weighted by Crippen LogP contribution is 2.57. The molecule has 284 valence electrons. The summed E-state index contributed by atoms with van der Waals surface area (Å²) >= 11 is 0. The van der Waals surface area contributed by atoms with E-state index in [2.05, 4.69) is 68.2 Å². The molecule has 0 radical (unpaired) electrons. The van der Waals surface area contributed by atoms with E-state index in [0.29, 0.717) is 25.9 Å². The van der Waals surface area contributed by atoms with Crippen LogP contribution in [0.3, 0.4) is 0 Å². The van der Waals surface area contributed by atoms with Crippen LogP contribution in [-0.2, 0) is 19.1 Å². The van der Waals surface area contributed by atoms with Crippen LogP contribution < -0.4 is 0 Å². The minimum absolute atomic E-state index is 0.0720. The van der Waals surface area contributed by atoms with Gasteiger partial charge in [-0.15, -0.1) is 0 Å². The van der Waals surface area contributed by atoms with Crippen molar-refractivity contribution in [3.05, 3.63) is 83.9 Å². The molecule has 3 fully saturated rings. The summed E-state index contributed by atoms with van der Waals surface area (Å²) in [6.07, 6.45) is 8.08. The third-order valence-electron chi connectivity index (χ3n) is 11.6. The lowest BCUT2D eigenvalue weighted by molar-refractivity contribution is -0.168. The summed E-state index contributed by atoms with van der Waals surface area (Å²) in [6.45, 7) is 15.3. The summed E-state index contributed by atoms with van der Waals surface area (Å²) in [5, 5.41) is 21.5. The first kappa shape index (κ1) is 39.8. The van der Waals surface area contributed by atoms with Gasteiger partial charge in [-0.3, -0.25) is 29.2 Å². The van der Waals surface area contributed by atoms with E-state index in [1.807, 2.05) is 57.2 Å². The second kappa shape index (κ2) is 19.1. The first-order chi connectivity index (χ1) is 25.0. The largest absolute Gasteiger partial charge is 0.463 e. The number of aliphatic hydroxyl groups is 2. The smallest absolute Gasteiger partial charge is 0.312 e. The second-order valence-corrected chi connectivity index (χ2v) is 15.5. The Morgan fingerprint density at radius 3 is 1.58 bits per heavy atom. The first-order valence-electron chi connectivity index (χ1n) is 19.1. The number of β-amino-alcohol motifs (C(OH)–C–C–N with tert-alkyl or cyclic N) is 2. The zero-order valence-electron chi connectivity index (χ0n) is 31.4. The van der Waals surface area contributed by atoms with Gasteiger partial charge in [0, 0.05) is 78.5 Å². The zero-order chi connectivity index (χ0) is 37.0. The number of carbonyl (C=O) groups excluding carboxylic acids is 2. The van der Waals surface area contributed by atoms with Crippen molar-refractivity contribution >= 4 is 24.1 Å². The van der Waals surface area contributed by atoms with Gasteiger partial charge in [-0.05, 0) is 36.3 Å². The number of nitrogens with zero attached hydrogens (tertiary/aromatic N) is 4. The van der Waals surface area contributed by atoms with Crippen molar-refractivity contribution in [2.75, 3.05) is 91.8 Å². The molecule has 5 rings (SSSR count). The molecule has 3 aliphatic rings. The molecule has 4 atom stereocenters. The minimum Gasteiger partial charge on any atom is -0.463 e. The van der Waals surface area contributed by atoms with Gasteiger partial charge < -0.3 is 19.7 Å². The average Bonchev–Trinajstić information content (AvgIpc) is 3.40. The predicted molar refractivity (Wildman–Crippen MR) is 205 cm³/mol. The Kier molecular flexibility index (Phi) is 14.6. The van der Waals surface area contributed by atoms with E-state index in [9.17, 15) is 19.8 Å². The third-order valence-corrected chi connectivity index (χ3v) is 11.6. The van der Waals surface area contributed by atoms with E-state index in [1.54, 1.807) is 0 Å². The number of ether oxygens (including phenoxy) is 2. The van der Waals surface area contributed by atoms with E-state index in [1.165, 1.54) is 11.1 Å². The van der Waals surface area contributed by atoms with Crippen LogP contribution in [0.4, 0.5) is 0 Å². The maximum absolute atomic E-state index is 13.5. The number of hydrogen-bond acceptors (Lipinski definition) is 10. The second-order valence-electron chi connectivity index (χ2n) is 15.5. The molecule has 0 aromatic heterocycles. The lowest BCUT2D eigenvalue weighted by atomic mass is 9.65. The van der Waals surface area contributed by atoms with Gasteiger partial charge in [0.05, 0.1) is 11.3 Å². The van der Waals surface area contributed by atoms with Crippen molar-refractivity contribution in [1.82, 2.24) is 19.6 Å². The van der Waals surface area contributed by atoms with Gasteiger partial charge in [-0.25, -0.2) is 0 Å². The quantitative estimate of drug-likeness (QED) is 0.249. The van der Waals surface area contributed by atoms with Gasteiger partial charge in [0.15, 0.2) is 0 Å². The number of carbonyl (C=O) groups is 2.